The zero-order chi connectivity index (χ0) is 17.2. The van der Waals surface area contributed by atoms with Gasteiger partial charge in [-0.05, 0) is 17.7 Å². The molecule has 0 saturated carbocycles. The SMILES string of the molecule is COc1ccc(C[C@H](OS(=O)(=O)C(F)(F)F)C(F)(F)F)cc1. The lowest BCUT2D eigenvalue weighted by atomic mass is 10.1. The minimum atomic E-state index is -6.36. The molecule has 1 aromatic carbocycles. The monoisotopic (exact) mass is 352 g/mol. The van der Waals surface area contributed by atoms with E-state index < -0.39 is 34.3 Å². The first-order valence-electron chi connectivity index (χ1n) is 5.56. The highest BCUT2D eigenvalue weighted by atomic mass is 32.2. The largest absolute Gasteiger partial charge is 0.523 e. The van der Waals surface area contributed by atoms with E-state index in [1.165, 1.54) is 19.2 Å². The van der Waals surface area contributed by atoms with Gasteiger partial charge in [0.25, 0.3) is 0 Å². The number of benzene rings is 1. The van der Waals surface area contributed by atoms with Gasteiger partial charge < -0.3 is 4.74 Å². The molecule has 0 N–H and O–H groups in total. The van der Waals surface area contributed by atoms with E-state index in [9.17, 15) is 34.8 Å². The van der Waals surface area contributed by atoms with E-state index in [-0.39, 0.29) is 5.56 Å². The van der Waals surface area contributed by atoms with Crippen LogP contribution in [0, 0.1) is 0 Å². The van der Waals surface area contributed by atoms with E-state index in [1.54, 1.807) is 0 Å². The van der Waals surface area contributed by atoms with E-state index in [0.29, 0.717) is 5.75 Å². The third-order valence-corrected chi connectivity index (χ3v) is 3.52. The van der Waals surface area contributed by atoms with E-state index in [0.717, 1.165) is 12.1 Å². The van der Waals surface area contributed by atoms with E-state index in [4.69, 9.17) is 4.74 Å². The average molecular weight is 352 g/mol. The molecule has 0 saturated heterocycles. The molecule has 0 bridgehead atoms. The van der Waals surface area contributed by atoms with Crippen LogP contribution < -0.4 is 4.74 Å². The van der Waals surface area contributed by atoms with Crippen LogP contribution in [0.2, 0.25) is 0 Å². The third-order valence-electron chi connectivity index (χ3n) is 2.47. The number of hydrogen-bond acceptors (Lipinski definition) is 4. The minimum absolute atomic E-state index is 0.0690. The van der Waals surface area contributed by atoms with Crippen LogP contribution in [0.3, 0.4) is 0 Å². The lowest BCUT2D eigenvalue weighted by Gasteiger charge is -2.21. The van der Waals surface area contributed by atoms with Gasteiger partial charge in [0.2, 0.25) is 0 Å². The van der Waals surface area contributed by atoms with E-state index in [2.05, 4.69) is 4.18 Å². The van der Waals surface area contributed by atoms with Crippen LogP contribution in [0.25, 0.3) is 0 Å². The van der Waals surface area contributed by atoms with Crippen molar-refractivity contribution >= 4 is 10.1 Å². The molecule has 0 amide bonds. The predicted molar refractivity (Wildman–Crippen MR) is 62.6 cm³/mol. The van der Waals surface area contributed by atoms with Crippen LogP contribution in [0.4, 0.5) is 26.3 Å². The maximum Gasteiger partial charge on any atom is 0.523 e. The highest BCUT2D eigenvalue weighted by Gasteiger charge is 2.53. The first kappa shape index (κ1) is 18.6. The first-order chi connectivity index (χ1) is 9.87. The molecule has 11 heteroatoms. The number of rotatable bonds is 5. The normalized spacial score (nSPS) is 14.7. The van der Waals surface area contributed by atoms with Crippen LogP contribution in [0.5, 0.6) is 5.75 Å². The lowest BCUT2D eigenvalue weighted by Crippen LogP contribution is -2.39. The van der Waals surface area contributed by atoms with Gasteiger partial charge in [0.15, 0.2) is 6.10 Å². The molecule has 126 valence electrons. The van der Waals surface area contributed by atoms with Crippen LogP contribution in [-0.4, -0.2) is 33.3 Å². The van der Waals surface area contributed by atoms with Gasteiger partial charge in [0, 0.05) is 6.42 Å². The number of halogens is 6. The number of methoxy groups -OCH3 is 1. The lowest BCUT2D eigenvalue weighted by molar-refractivity contribution is -0.196. The van der Waals surface area contributed by atoms with Gasteiger partial charge in [0.05, 0.1) is 7.11 Å². The molecule has 0 aliphatic rings. The Morgan fingerprint density at radius 3 is 1.91 bits per heavy atom. The molecule has 0 unspecified atom stereocenters. The quantitative estimate of drug-likeness (QED) is 0.464. The van der Waals surface area contributed by atoms with E-state index >= 15 is 0 Å². The van der Waals surface area contributed by atoms with Crippen LogP contribution in [-0.2, 0) is 20.7 Å². The van der Waals surface area contributed by atoms with Gasteiger partial charge in [-0.3, -0.25) is 0 Å². The fourth-order valence-electron chi connectivity index (χ4n) is 1.39. The molecule has 0 aliphatic carbocycles. The Bertz CT molecular complexity index is 590. The molecule has 0 spiro atoms. The van der Waals surface area contributed by atoms with Gasteiger partial charge in [-0.15, -0.1) is 0 Å². The standard InChI is InChI=1S/C11H10F6O4S/c1-20-8-4-2-7(3-5-8)6-9(10(12,13)14)21-22(18,19)11(15,16)17/h2-5,9H,6H2,1H3/t9-/m0/s1. The van der Waals surface area contributed by atoms with Crippen molar-refractivity contribution in [3.63, 3.8) is 0 Å². The molecule has 1 aromatic rings. The summed E-state index contributed by atoms with van der Waals surface area (Å²) in [4.78, 5) is 0. The molecule has 0 aliphatic heterocycles. The van der Waals surface area contributed by atoms with Crippen LogP contribution >= 0.6 is 0 Å². The zero-order valence-corrected chi connectivity index (χ0v) is 11.7. The molecule has 1 rings (SSSR count). The van der Waals surface area contributed by atoms with Gasteiger partial charge in [-0.1, -0.05) is 12.1 Å². The Kier molecular flexibility index (Phi) is 5.34. The fraction of sp³-hybridized carbons (Fsp3) is 0.455. The first-order valence-corrected chi connectivity index (χ1v) is 6.97. The Labute approximate surface area is 121 Å². The van der Waals surface area contributed by atoms with Crippen molar-refractivity contribution in [2.45, 2.75) is 24.2 Å². The van der Waals surface area contributed by atoms with Crippen molar-refractivity contribution in [3.8, 4) is 5.75 Å². The van der Waals surface area contributed by atoms with Crippen molar-refractivity contribution in [1.29, 1.82) is 0 Å². The van der Waals surface area contributed by atoms with Crippen molar-refractivity contribution in [2.24, 2.45) is 0 Å². The Morgan fingerprint density at radius 1 is 1.05 bits per heavy atom. The fourth-order valence-corrected chi connectivity index (χ4v) is 1.98. The summed E-state index contributed by atoms with van der Waals surface area (Å²) < 4.78 is 104. The summed E-state index contributed by atoms with van der Waals surface area (Å²) in [5.41, 5.74) is -6.00. The third kappa shape index (κ3) is 4.77. The predicted octanol–water partition coefficient (Wildman–Crippen LogP) is 3.03. The van der Waals surface area contributed by atoms with Crippen molar-refractivity contribution in [1.82, 2.24) is 0 Å². The topological polar surface area (TPSA) is 52.6 Å². The summed E-state index contributed by atoms with van der Waals surface area (Å²) >= 11 is 0. The van der Waals surface area contributed by atoms with Gasteiger partial charge in [-0.25, -0.2) is 4.18 Å². The van der Waals surface area contributed by atoms with Gasteiger partial charge in [0.1, 0.15) is 5.75 Å². The highest BCUT2D eigenvalue weighted by molar-refractivity contribution is 7.87. The second-order valence-electron chi connectivity index (χ2n) is 4.08. The summed E-state index contributed by atoms with van der Waals surface area (Å²) in [5, 5.41) is 0. The van der Waals surface area contributed by atoms with E-state index in [1.807, 2.05) is 0 Å². The number of alkyl halides is 6. The molecular weight excluding hydrogens is 342 g/mol. The second-order valence-corrected chi connectivity index (χ2v) is 5.64. The minimum Gasteiger partial charge on any atom is -0.497 e. The van der Waals surface area contributed by atoms with Crippen molar-refractivity contribution < 1.29 is 43.7 Å². The Hall–Kier alpha value is -1.49. The average Bonchev–Trinajstić information content (AvgIpc) is 2.36. The number of ether oxygens (including phenoxy) is 1. The molecule has 4 nitrogen and oxygen atoms in total. The molecule has 0 radical (unpaired) electrons. The Balaban J connectivity index is 3.00. The summed E-state index contributed by atoms with van der Waals surface area (Å²) in [6, 6.07) is 4.87. The maximum atomic E-state index is 12.7. The Morgan fingerprint density at radius 2 is 1.55 bits per heavy atom. The smallest absolute Gasteiger partial charge is 0.497 e. The summed E-state index contributed by atoms with van der Waals surface area (Å²) in [7, 11) is -5.05. The maximum absolute atomic E-state index is 12.7. The molecule has 1 atom stereocenters. The number of hydrogen-bond donors (Lipinski definition) is 0. The molecule has 0 fully saturated rings. The summed E-state index contributed by atoms with van der Waals surface area (Å²) in [6.07, 6.45) is -9.53. The highest BCUT2D eigenvalue weighted by Crippen LogP contribution is 2.32. The molecule has 0 aromatic heterocycles. The molecule has 22 heavy (non-hydrogen) atoms. The van der Waals surface area contributed by atoms with Crippen LogP contribution in [0.15, 0.2) is 24.3 Å². The van der Waals surface area contributed by atoms with Gasteiger partial charge >= 0.3 is 21.8 Å². The summed E-state index contributed by atoms with van der Waals surface area (Å²) in [6.45, 7) is 0. The molecular formula is C11H10F6O4S. The van der Waals surface area contributed by atoms with Crippen LogP contribution in [0.1, 0.15) is 5.56 Å². The second kappa shape index (κ2) is 6.32. The summed E-state index contributed by atoms with van der Waals surface area (Å²) in [5.74, 6) is 0.316. The van der Waals surface area contributed by atoms with Crippen molar-refractivity contribution in [3.05, 3.63) is 29.8 Å². The molecule has 0 heterocycles. The zero-order valence-electron chi connectivity index (χ0n) is 10.9. The van der Waals surface area contributed by atoms with Crippen molar-refractivity contribution in [2.75, 3.05) is 7.11 Å². The van der Waals surface area contributed by atoms with Gasteiger partial charge in [-0.2, -0.15) is 34.8 Å².